The summed E-state index contributed by atoms with van der Waals surface area (Å²) in [6, 6.07) is 14.7. The fourth-order valence-electron chi connectivity index (χ4n) is 2.96. The largest absolute Gasteiger partial charge is 0.468 e. The van der Waals surface area contributed by atoms with Crippen LogP contribution in [0.25, 0.3) is 0 Å². The standard InChI is InChI=1S/C18H15FO3/c1-22-17(21)18(11-15(18)12-5-3-2-4-6-12)16(20)13-7-9-14(19)10-8-13/h2-10,15H,11H2,1H3/t15-,18-/m1/s1. The summed E-state index contributed by atoms with van der Waals surface area (Å²) in [4.78, 5) is 25.0. The number of carbonyl (C=O) groups is 2. The Labute approximate surface area is 127 Å². The first-order valence-electron chi connectivity index (χ1n) is 7.03. The summed E-state index contributed by atoms with van der Waals surface area (Å²) in [5.74, 6) is -1.46. The van der Waals surface area contributed by atoms with E-state index < -0.39 is 17.2 Å². The molecular formula is C18H15FO3. The second-order valence-corrected chi connectivity index (χ2v) is 5.47. The average molecular weight is 298 g/mol. The SMILES string of the molecule is COC(=O)[C@]1(C(=O)c2ccc(F)cc2)C[C@@H]1c1ccccc1. The normalized spacial score (nSPS) is 22.9. The average Bonchev–Trinajstić information content (AvgIpc) is 3.32. The first kappa shape index (κ1) is 14.4. The summed E-state index contributed by atoms with van der Waals surface area (Å²) in [6.45, 7) is 0. The van der Waals surface area contributed by atoms with E-state index in [9.17, 15) is 14.0 Å². The minimum atomic E-state index is -1.19. The Morgan fingerprint density at radius 2 is 1.73 bits per heavy atom. The summed E-state index contributed by atoms with van der Waals surface area (Å²) in [5.41, 5.74) is 0.0714. The van der Waals surface area contributed by atoms with E-state index in [1.807, 2.05) is 30.3 Å². The van der Waals surface area contributed by atoms with Crippen LogP contribution in [0.3, 0.4) is 0 Å². The van der Waals surface area contributed by atoms with Gasteiger partial charge in [0, 0.05) is 11.5 Å². The smallest absolute Gasteiger partial charge is 0.320 e. The molecular weight excluding hydrogens is 283 g/mol. The second-order valence-electron chi connectivity index (χ2n) is 5.47. The molecule has 0 saturated heterocycles. The van der Waals surface area contributed by atoms with Gasteiger partial charge < -0.3 is 4.74 Å². The summed E-state index contributed by atoms with van der Waals surface area (Å²) in [6.07, 6.45) is 0.417. The van der Waals surface area contributed by atoms with Gasteiger partial charge >= 0.3 is 5.97 Å². The lowest BCUT2D eigenvalue weighted by molar-refractivity contribution is -0.145. The highest BCUT2D eigenvalue weighted by Crippen LogP contribution is 2.61. The Morgan fingerprint density at radius 1 is 1.09 bits per heavy atom. The molecule has 3 nitrogen and oxygen atoms in total. The van der Waals surface area contributed by atoms with Crippen LogP contribution in [0.15, 0.2) is 54.6 Å². The van der Waals surface area contributed by atoms with Gasteiger partial charge in [0.2, 0.25) is 0 Å². The number of esters is 1. The van der Waals surface area contributed by atoms with Gasteiger partial charge in [-0.15, -0.1) is 0 Å². The van der Waals surface area contributed by atoms with Crippen LogP contribution in [-0.2, 0) is 9.53 Å². The molecule has 0 bridgehead atoms. The van der Waals surface area contributed by atoms with Crippen molar-refractivity contribution in [1.29, 1.82) is 0 Å². The first-order chi connectivity index (χ1) is 10.6. The Morgan fingerprint density at radius 3 is 2.32 bits per heavy atom. The monoisotopic (exact) mass is 298 g/mol. The summed E-state index contributed by atoms with van der Waals surface area (Å²) < 4.78 is 17.9. The lowest BCUT2D eigenvalue weighted by atomic mass is 9.90. The molecule has 3 rings (SSSR count). The van der Waals surface area contributed by atoms with E-state index in [1.54, 1.807) is 0 Å². The molecule has 0 spiro atoms. The Bertz CT molecular complexity index is 709. The van der Waals surface area contributed by atoms with Gasteiger partial charge in [0.05, 0.1) is 7.11 Å². The van der Waals surface area contributed by atoms with Crippen molar-refractivity contribution in [2.24, 2.45) is 5.41 Å². The number of ketones is 1. The topological polar surface area (TPSA) is 43.4 Å². The van der Waals surface area contributed by atoms with Crippen molar-refractivity contribution in [3.63, 3.8) is 0 Å². The second kappa shape index (κ2) is 5.37. The zero-order valence-corrected chi connectivity index (χ0v) is 12.1. The van der Waals surface area contributed by atoms with Crippen molar-refractivity contribution in [3.05, 3.63) is 71.5 Å². The van der Waals surface area contributed by atoms with Crippen LogP contribution in [0.1, 0.15) is 28.3 Å². The van der Waals surface area contributed by atoms with E-state index in [0.29, 0.717) is 12.0 Å². The number of ether oxygens (including phenoxy) is 1. The molecule has 4 heteroatoms. The molecule has 0 unspecified atom stereocenters. The van der Waals surface area contributed by atoms with Crippen LogP contribution in [0.5, 0.6) is 0 Å². The minimum absolute atomic E-state index is 0.196. The molecule has 2 atom stereocenters. The Balaban J connectivity index is 1.97. The highest BCUT2D eigenvalue weighted by molar-refractivity contribution is 6.16. The van der Waals surface area contributed by atoms with Crippen molar-refractivity contribution in [1.82, 2.24) is 0 Å². The lowest BCUT2D eigenvalue weighted by Gasteiger charge is -2.14. The summed E-state index contributed by atoms with van der Waals surface area (Å²) >= 11 is 0. The molecule has 0 heterocycles. The van der Waals surface area contributed by atoms with Gasteiger partial charge in [-0.3, -0.25) is 9.59 Å². The number of rotatable bonds is 4. The molecule has 1 fully saturated rings. The van der Waals surface area contributed by atoms with Crippen LogP contribution < -0.4 is 0 Å². The minimum Gasteiger partial charge on any atom is -0.468 e. The van der Waals surface area contributed by atoms with Crippen molar-refractivity contribution >= 4 is 11.8 Å². The van der Waals surface area contributed by atoms with Crippen LogP contribution in [0, 0.1) is 11.2 Å². The van der Waals surface area contributed by atoms with Crippen molar-refractivity contribution in [2.45, 2.75) is 12.3 Å². The van der Waals surface area contributed by atoms with Gasteiger partial charge in [0.1, 0.15) is 11.2 Å². The number of benzene rings is 2. The lowest BCUT2D eigenvalue weighted by Crippen LogP contribution is -2.29. The van der Waals surface area contributed by atoms with E-state index in [-0.39, 0.29) is 11.7 Å². The van der Waals surface area contributed by atoms with Crippen molar-refractivity contribution in [3.8, 4) is 0 Å². The number of hydrogen-bond acceptors (Lipinski definition) is 3. The summed E-state index contributed by atoms with van der Waals surface area (Å²) in [7, 11) is 1.28. The third-order valence-corrected chi connectivity index (χ3v) is 4.22. The van der Waals surface area contributed by atoms with E-state index >= 15 is 0 Å². The van der Waals surface area contributed by atoms with Gasteiger partial charge in [-0.2, -0.15) is 0 Å². The maximum Gasteiger partial charge on any atom is 0.320 e. The van der Waals surface area contributed by atoms with E-state index in [1.165, 1.54) is 31.4 Å². The Kier molecular flexibility index (Phi) is 3.53. The number of halogens is 1. The van der Waals surface area contributed by atoms with Gasteiger partial charge in [-0.25, -0.2) is 4.39 Å². The zero-order valence-electron chi connectivity index (χ0n) is 12.1. The number of Topliss-reactive ketones (excluding diaryl/α,β-unsaturated/α-hetero) is 1. The third kappa shape index (κ3) is 2.21. The van der Waals surface area contributed by atoms with Crippen molar-refractivity contribution < 1.29 is 18.7 Å². The maximum atomic E-state index is 13.0. The molecule has 0 aliphatic heterocycles. The Hall–Kier alpha value is -2.49. The molecule has 2 aromatic carbocycles. The molecule has 0 amide bonds. The van der Waals surface area contributed by atoms with Gasteiger partial charge in [-0.05, 0) is 36.2 Å². The number of carbonyl (C=O) groups excluding carboxylic acids is 2. The molecule has 22 heavy (non-hydrogen) atoms. The molecule has 0 aromatic heterocycles. The predicted molar refractivity (Wildman–Crippen MR) is 79.0 cm³/mol. The van der Waals surface area contributed by atoms with Crippen LogP contribution in [0.2, 0.25) is 0 Å². The third-order valence-electron chi connectivity index (χ3n) is 4.22. The first-order valence-corrected chi connectivity index (χ1v) is 7.03. The predicted octanol–water partition coefficient (Wildman–Crippen LogP) is 3.36. The zero-order chi connectivity index (χ0) is 15.7. The molecule has 1 aliphatic rings. The molecule has 0 radical (unpaired) electrons. The summed E-state index contributed by atoms with van der Waals surface area (Å²) in [5, 5.41) is 0. The highest BCUT2D eigenvalue weighted by atomic mass is 19.1. The maximum absolute atomic E-state index is 13.0. The van der Waals surface area contributed by atoms with Gasteiger partial charge in [-0.1, -0.05) is 30.3 Å². The van der Waals surface area contributed by atoms with Gasteiger partial charge in [0.15, 0.2) is 5.78 Å². The molecule has 0 N–H and O–H groups in total. The highest BCUT2D eigenvalue weighted by Gasteiger charge is 2.66. The molecule has 1 saturated carbocycles. The van der Waals surface area contributed by atoms with E-state index in [0.717, 1.165) is 5.56 Å². The number of hydrogen-bond donors (Lipinski definition) is 0. The van der Waals surface area contributed by atoms with Crippen LogP contribution in [0.4, 0.5) is 4.39 Å². The fourth-order valence-corrected chi connectivity index (χ4v) is 2.96. The van der Waals surface area contributed by atoms with Crippen LogP contribution in [-0.4, -0.2) is 18.9 Å². The van der Waals surface area contributed by atoms with Crippen LogP contribution >= 0.6 is 0 Å². The quantitative estimate of drug-likeness (QED) is 0.494. The van der Waals surface area contributed by atoms with E-state index in [2.05, 4.69) is 0 Å². The molecule has 2 aromatic rings. The molecule has 1 aliphatic carbocycles. The van der Waals surface area contributed by atoms with Gasteiger partial charge in [0.25, 0.3) is 0 Å². The van der Waals surface area contributed by atoms with Crippen molar-refractivity contribution in [2.75, 3.05) is 7.11 Å². The molecule has 112 valence electrons. The number of methoxy groups -OCH3 is 1. The fraction of sp³-hybridized carbons (Fsp3) is 0.222. The van der Waals surface area contributed by atoms with E-state index in [4.69, 9.17) is 4.74 Å².